The average molecular weight is 436 g/mol. The molecule has 4 aromatic rings. The van der Waals surface area contributed by atoms with Gasteiger partial charge in [0.1, 0.15) is 11.4 Å². The third-order valence-electron chi connectivity index (χ3n) is 5.47. The van der Waals surface area contributed by atoms with Crippen LogP contribution in [-0.4, -0.2) is 44.0 Å². The molecule has 1 aliphatic heterocycles. The number of fused-ring (bicyclic) bond motifs is 1. The minimum absolute atomic E-state index is 0.200. The number of ether oxygens (including phenoxy) is 2. The van der Waals surface area contributed by atoms with Crippen LogP contribution in [0.1, 0.15) is 24.1 Å². The molecule has 0 radical (unpaired) electrons. The van der Waals surface area contributed by atoms with E-state index in [-0.39, 0.29) is 6.10 Å². The minimum Gasteiger partial charge on any atom is -0.497 e. The van der Waals surface area contributed by atoms with Gasteiger partial charge in [0.2, 0.25) is 0 Å². The van der Waals surface area contributed by atoms with Crippen LogP contribution in [0.5, 0.6) is 5.75 Å². The molecule has 1 aliphatic rings. The molecule has 1 aromatic carbocycles. The fourth-order valence-corrected chi connectivity index (χ4v) is 4.70. The Kier molecular flexibility index (Phi) is 5.65. The van der Waals surface area contributed by atoms with E-state index >= 15 is 0 Å². The number of benzene rings is 1. The van der Waals surface area contributed by atoms with Gasteiger partial charge in [-0.15, -0.1) is 10.2 Å². The van der Waals surface area contributed by atoms with Crippen molar-refractivity contribution in [3.05, 3.63) is 60.0 Å². The highest BCUT2D eigenvalue weighted by Gasteiger charge is 2.22. The lowest BCUT2D eigenvalue weighted by atomic mass is 10.2. The lowest BCUT2D eigenvalue weighted by molar-refractivity contribution is 0.0953. The summed E-state index contributed by atoms with van der Waals surface area (Å²) in [6, 6.07) is 12.1. The molecule has 0 aliphatic carbocycles. The van der Waals surface area contributed by atoms with Crippen LogP contribution in [-0.2, 0) is 17.0 Å². The fraction of sp³-hybridized carbons (Fsp3) is 0.348. The molecule has 0 N–H and O–H groups in total. The molecule has 1 saturated heterocycles. The Labute approximate surface area is 185 Å². The predicted octanol–water partition coefficient (Wildman–Crippen LogP) is 4.38. The first kappa shape index (κ1) is 20.1. The molecule has 0 amide bonds. The van der Waals surface area contributed by atoms with Gasteiger partial charge in [-0.25, -0.2) is 4.98 Å². The highest BCUT2D eigenvalue weighted by atomic mass is 32.2. The van der Waals surface area contributed by atoms with Crippen molar-refractivity contribution in [3.63, 3.8) is 0 Å². The Bertz CT molecular complexity index is 1180. The summed E-state index contributed by atoms with van der Waals surface area (Å²) < 4.78 is 15.5. The Morgan fingerprint density at radius 3 is 2.77 bits per heavy atom. The lowest BCUT2D eigenvalue weighted by Gasteiger charge is -2.14. The maximum atomic E-state index is 5.90. The first-order valence-corrected chi connectivity index (χ1v) is 11.4. The Morgan fingerprint density at radius 2 is 2.00 bits per heavy atom. The van der Waals surface area contributed by atoms with Crippen LogP contribution < -0.4 is 4.74 Å². The van der Waals surface area contributed by atoms with Crippen LogP contribution >= 0.6 is 11.8 Å². The monoisotopic (exact) mass is 435 g/mol. The van der Waals surface area contributed by atoms with E-state index in [4.69, 9.17) is 14.5 Å². The van der Waals surface area contributed by atoms with Gasteiger partial charge in [-0.3, -0.25) is 4.57 Å². The van der Waals surface area contributed by atoms with Crippen LogP contribution in [0.3, 0.4) is 0 Å². The average Bonchev–Trinajstić information content (AvgIpc) is 3.52. The predicted molar refractivity (Wildman–Crippen MR) is 120 cm³/mol. The number of thioether (sulfide) groups is 1. The van der Waals surface area contributed by atoms with E-state index in [1.165, 1.54) is 5.56 Å². The van der Waals surface area contributed by atoms with Gasteiger partial charge in [-0.1, -0.05) is 17.8 Å². The Morgan fingerprint density at radius 1 is 1.13 bits per heavy atom. The molecule has 8 heteroatoms. The first-order valence-electron chi connectivity index (χ1n) is 10.5. The summed E-state index contributed by atoms with van der Waals surface area (Å²) >= 11 is 1.66. The van der Waals surface area contributed by atoms with Gasteiger partial charge in [0.25, 0.3) is 0 Å². The number of imidazole rings is 1. The molecule has 1 unspecified atom stereocenters. The topological polar surface area (TPSA) is 66.5 Å². The van der Waals surface area contributed by atoms with E-state index in [9.17, 15) is 0 Å². The quantitative estimate of drug-likeness (QED) is 0.401. The number of aromatic nitrogens is 5. The second-order valence-corrected chi connectivity index (χ2v) is 8.72. The molecule has 0 spiro atoms. The number of hydrogen-bond acceptors (Lipinski definition) is 6. The molecule has 5 rings (SSSR count). The molecule has 1 fully saturated rings. The molecular formula is C23H25N5O2S. The normalized spacial score (nSPS) is 16.3. The maximum Gasteiger partial charge on any atom is 0.191 e. The number of pyridine rings is 1. The zero-order valence-corrected chi connectivity index (χ0v) is 18.5. The third kappa shape index (κ3) is 4.31. The van der Waals surface area contributed by atoms with Crippen molar-refractivity contribution >= 4 is 17.4 Å². The number of nitrogens with zero attached hydrogens (tertiary/aromatic N) is 5. The second-order valence-electron chi connectivity index (χ2n) is 7.77. The van der Waals surface area contributed by atoms with Crippen LogP contribution in [0.25, 0.3) is 17.0 Å². The van der Waals surface area contributed by atoms with Crippen molar-refractivity contribution in [1.82, 2.24) is 24.1 Å². The van der Waals surface area contributed by atoms with Gasteiger partial charge in [-0.2, -0.15) is 0 Å². The van der Waals surface area contributed by atoms with Gasteiger partial charge in [0.15, 0.2) is 11.0 Å². The zero-order valence-electron chi connectivity index (χ0n) is 17.7. The van der Waals surface area contributed by atoms with Crippen molar-refractivity contribution in [1.29, 1.82) is 0 Å². The summed E-state index contributed by atoms with van der Waals surface area (Å²) in [5, 5.41) is 9.92. The molecule has 31 heavy (non-hydrogen) atoms. The standard InChI is InChI=1S/C23H25N5O2S/c1-16-5-10-21-24-18(13-27(21)12-16)15-31-23-26-25-22(17-6-8-19(29-2)9-7-17)28(23)14-20-4-3-11-30-20/h5-10,12-13,20H,3-4,11,14-15H2,1-2H3. The zero-order chi connectivity index (χ0) is 21.2. The molecular weight excluding hydrogens is 410 g/mol. The molecule has 160 valence electrons. The summed E-state index contributed by atoms with van der Waals surface area (Å²) in [4.78, 5) is 4.73. The molecule has 0 saturated carbocycles. The largest absolute Gasteiger partial charge is 0.497 e. The van der Waals surface area contributed by atoms with Crippen LogP contribution in [0, 0.1) is 6.92 Å². The van der Waals surface area contributed by atoms with Crippen molar-refractivity contribution in [2.45, 2.75) is 43.3 Å². The van der Waals surface area contributed by atoms with Gasteiger partial charge in [0, 0.05) is 30.3 Å². The van der Waals surface area contributed by atoms with Crippen molar-refractivity contribution in [2.24, 2.45) is 0 Å². The molecule has 7 nitrogen and oxygen atoms in total. The van der Waals surface area contributed by atoms with Gasteiger partial charge < -0.3 is 13.9 Å². The minimum atomic E-state index is 0.200. The smallest absolute Gasteiger partial charge is 0.191 e. The lowest BCUT2D eigenvalue weighted by Crippen LogP contribution is -2.16. The molecule has 3 aromatic heterocycles. The van der Waals surface area contributed by atoms with E-state index in [0.717, 1.165) is 65.4 Å². The van der Waals surface area contributed by atoms with Crippen LogP contribution in [0.4, 0.5) is 0 Å². The van der Waals surface area contributed by atoms with Gasteiger partial charge in [-0.05, 0) is 55.7 Å². The number of rotatable bonds is 7. The van der Waals surface area contributed by atoms with Crippen molar-refractivity contribution in [2.75, 3.05) is 13.7 Å². The van der Waals surface area contributed by atoms with Crippen molar-refractivity contribution in [3.8, 4) is 17.1 Å². The maximum absolute atomic E-state index is 5.90. The summed E-state index contributed by atoms with van der Waals surface area (Å²) in [5.74, 6) is 2.41. The Hall–Kier alpha value is -2.84. The highest BCUT2D eigenvalue weighted by molar-refractivity contribution is 7.98. The van der Waals surface area contributed by atoms with E-state index < -0.39 is 0 Å². The van der Waals surface area contributed by atoms with Gasteiger partial charge in [0.05, 0.1) is 25.5 Å². The van der Waals surface area contributed by atoms with E-state index in [0.29, 0.717) is 0 Å². The first-order chi connectivity index (χ1) is 15.2. The summed E-state index contributed by atoms with van der Waals surface area (Å²) in [6.45, 7) is 3.66. The molecule has 0 bridgehead atoms. The van der Waals surface area contributed by atoms with Crippen molar-refractivity contribution < 1.29 is 9.47 Å². The third-order valence-corrected chi connectivity index (χ3v) is 6.47. The second kappa shape index (κ2) is 8.72. The molecule has 1 atom stereocenters. The summed E-state index contributed by atoms with van der Waals surface area (Å²) in [6.07, 6.45) is 6.55. The number of hydrogen-bond donors (Lipinski definition) is 0. The Balaban J connectivity index is 1.41. The van der Waals surface area contributed by atoms with E-state index in [1.807, 2.05) is 30.3 Å². The number of aryl methyl sites for hydroxylation is 1. The number of methoxy groups -OCH3 is 1. The van der Waals surface area contributed by atoms with Crippen LogP contribution in [0.2, 0.25) is 0 Å². The van der Waals surface area contributed by atoms with E-state index in [2.05, 4.69) is 44.5 Å². The van der Waals surface area contributed by atoms with Gasteiger partial charge >= 0.3 is 0 Å². The summed E-state index contributed by atoms with van der Waals surface area (Å²) in [5.41, 5.74) is 4.21. The fourth-order valence-electron chi connectivity index (χ4n) is 3.87. The highest BCUT2D eigenvalue weighted by Crippen LogP contribution is 2.29. The summed E-state index contributed by atoms with van der Waals surface area (Å²) in [7, 11) is 1.67. The van der Waals surface area contributed by atoms with Crippen LogP contribution in [0.15, 0.2) is 53.9 Å². The SMILES string of the molecule is COc1ccc(-c2nnc(SCc3cn4cc(C)ccc4n3)n2CC2CCCO2)cc1. The van der Waals surface area contributed by atoms with E-state index in [1.54, 1.807) is 18.9 Å². The molecule has 4 heterocycles.